The molecule has 1 aliphatic rings. The minimum atomic E-state index is 0.524. The van der Waals surface area contributed by atoms with E-state index in [4.69, 9.17) is 5.73 Å². The van der Waals surface area contributed by atoms with Crippen molar-refractivity contribution < 1.29 is 0 Å². The molecule has 1 nitrogen and oxygen atoms in total. The molecule has 2 N–H and O–H groups in total. The Kier molecular flexibility index (Phi) is 2.63. The van der Waals surface area contributed by atoms with Crippen LogP contribution in [0.25, 0.3) is 5.57 Å². The van der Waals surface area contributed by atoms with Crippen molar-refractivity contribution in [3.63, 3.8) is 0 Å². The molecule has 1 aromatic carbocycles. The van der Waals surface area contributed by atoms with E-state index in [0.29, 0.717) is 5.92 Å². The summed E-state index contributed by atoms with van der Waals surface area (Å²) in [5.41, 5.74) is 10.9. The van der Waals surface area contributed by atoms with Crippen LogP contribution in [0.5, 0.6) is 0 Å². The average molecular weight is 199 g/mol. The van der Waals surface area contributed by atoms with Crippen molar-refractivity contribution in [2.45, 2.75) is 20.3 Å². The van der Waals surface area contributed by atoms with Gasteiger partial charge >= 0.3 is 0 Å². The van der Waals surface area contributed by atoms with Gasteiger partial charge in [-0.1, -0.05) is 37.3 Å². The van der Waals surface area contributed by atoms with Crippen molar-refractivity contribution >= 4 is 5.57 Å². The average Bonchev–Trinajstić information content (AvgIpc) is 2.20. The lowest BCUT2D eigenvalue weighted by Gasteiger charge is -2.21. The third-order valence-electron chi connectivity index (χ3n) is 3.01. The lowest BCUT2D eigenvalue weighted by molar-refractivity contribution is 0.721. The van der Waals surface area contributed by atoms with E-state index >= 15 is 0 Å². The summed E-state index contributed by atoms with van der Waals surface area (Å²) in [7, 11) is 0. The quantitative estimate of drug-likeness (QED) is 0.738. The highest BCUT2D eigenvalue weighted by Crippen LogP contribution is 2.32. The summed E-state index contributed by atoms with van der Waals surface area (Å²) in [6.07, 6.45) is 5.16. The van der Waals surface area contributed by atoms with Gasteiger partial charge in [0.25, 0.3) is 0 Å². The molecule has 1 aliphatic carbocycles. The normalized spacial score (nSPS) is 20.8. The Morgan fingerprint density at radius 3 is 2.60 bits per heavy atom. The summed E-state index contributed by atoms with van der Waals surface area (Å²) in [6.45, 7) is 4.39. The number of nitrogens with two attached hydrogens (primary N) is 1. The molecular weight excluding hydrogens is 182 g/mol. The number of aryl methyl sites for hydroxylation is 1. The second-order valence-electron chi connectivity index (χ2n) is 4.28. The molecule has 15 heavy (non-hydrogen) atoms. The summed E-state index contributed by atoms with van der Waals surface area (Å²) < 4.78 is 0. The van der Waals surface area contributed by atoms with Gasteiger partial charge in [0, 0.05) is 5.70 Å². The first-order valence-corrected chi connectivity index (χ1v) is 5.40. The molecule has 1 atom stereocenters. The summed E-state index contributed by atoms with van der Waals surface area (Å²) in [5, 5.41) is 0. The number of hydrogen-bond acceptors (Lipinski definition) is 1. The molecule has 1 heteroatoms. The van der Waals surface area contributed by atoms with Crippen LogP contribution in [0.15, 0.2) is 42.1 Å². The van der Waals surface area contributed by atoms with E-state index in [1.54, 1.807) is 0 Å². The van der Waals surface area contributed by atoms with Crippen LogP contribution in [-0.2, 0) is 0 Å². The van der Waals surface area contributed by atoms with E-state index in [-0.39, 0.29) is 0 Å². The van der Waals surface area contributed by atoms with Gasteiger partial charge in [-0.25, -0.2) is 0 Å². The molecule has 0 heterocycles. The molecule has 78 valence electrons. The van der Waals surface area contributed by atoms with Crippen LogP contribution < -0.4 is 5.73 Å². The first-order chi connectivity index (χ1) is 7.18. The Morgan fingerprint density at radius 2 is 1.93 bits per heavy atom. The zero-order chi connectivity index (χ0) is 10.8. The van der Waals surface area contributed by atoms with Gasteiger partial charge < -0.3 is 5.73 Å². The lowest BCUT2D eigenvalue weighted by atomic mass is 9.85. The molecule has 0 radical (unpaired) electrons. The standard InChI is InChI=1S/C14H17N/c1-10-5-3-4-6-13(10)14-8-7-12(15)9-11(14)2/h3-8,11H,9,15H2,1-2H3/t11-/m0/s1. The van der Waals surface area contributed by atoms with E-state index in [0.717, 1.165) is 12.1 Å². The van der Waals surface area contributed by atoms with Crippen LogP contribution in [-0.4, -0.2) is 0 Å². The molecule has 0 saturated heterocycles. The van der Waals surface area contributed by atoms with Gasteiger partial charge in [-0.2, -0.15) is 0 Å². The number of benzene rings is 1. The van der Waals surface area contributed by atoms with Crippen molar-refractivity contribution in [1.82, 2.24) is 0 Å². The summed E-state index contributed by atoms with van der Waals surface area (Å²) in [4.78, 5) is 0. The van der Waals surface area contributed by atoms with Crippen LogP contribution >= 0.6 is 0 Å². The molecular formula is C14H17N. The van der Waals surface area contributed by atoms with Crippen molar-refractivity contribution in [2.75, 3.05) is 0 Å². The largest absolute Gasteiger partial charge is 0.402 e. The van der Waals surface area contributed by atoms with Gasteiger partial charge in [-0.3, -0.25) is 0 Å². The van der Waals surface area contributed by atoms with E-state index in [1.165, 1.54) is 16.7 Å². The van der Waals surface area contributed by atoms with Crippen LogP contribution in [0.3, 0.4) is 0 Å². The van der Waals surface area contributed by atoms with Gasteiger partial charge in [0.1, 0.15) is 0 Å². The Hall–Kier alpha value is -1.50. The van der Waals surface area contributed by atoms with E-state index in [2.05, 4.69) is 44.2 Å². The topological polar surface area (TPSA) is 26.0 Å². The third-order valence-corrected chi connectivity index (χ3v) is 3.01. The van der Waals surface area contributed by atoms with E-state index in [9.17, 15) is 0 Å². The van der Waals surface area contributed by atoms with Crippen LogP contribution in [0.2, 0.25) is 0 Å². The van der Waals surface area contributed by atoms with Gasteiger partial charge in [0.2, 0.25) is 0 Å². The van der Waals surface area contributed by atoms with Crippen molar-refractivity contribution in [2.24, 2.45) is 11.7 Å². The molecule has 0 unspecified atom stereocenters. The smallest absolute Gasteiger partial charge is 0.00865 e. The molecule has 0 saturated carbocycles. The maximum absolute atomic E-state index is 5.82. The first-order valence-electron chi connectivity index (χ1n) is 5.40. The predicted molar refractivity (Wildman–Crippen MR) is 65.2 cm³/mol. The molecule has 0 spiro atoms. The molecule has 0 amide bonds. The summed E-state index contributed by atoms with van der Waals surface area (Å²) in [5.74, 6) is 0.524. The van der Waals surface area contributed by atoms with Crippen LogP contribution in [0.1, 0.15) is 24.5 Å². The highest BCUT2D eigenvalue weighted by Gasteiger charge is 2.15. The maximum Gasteiger partial charge on any atom is 0.00865 e. The Morgan fingerprint density at radius 1 is 1.20 bits per heavy atom. The fraction of sp³-hybridized carbons (Fsp3) is 0.286. The minimum absolute atomic E-state index is 0.524. The Bertz CT molecular complexity index is 427. The molecule has 0 bridgehead atoms. The summed E-state index contributed by atoms with van der Waals surface area (Å²) >= 11 is 0. The second-order valence-corrected chi connectivity index (χ2v) is 4.28. The zero-order valence-corrected chi connectivity index (χ0v) is 9.33. The first kappa shape index (κ1) is 10.0. The minimum Gasteiger partial charge on any atom is -0.402 e. The van der Waals surface area contributed by atoms with Crippen LogP contribution in [0, 0.1) is 12.8 Å². The fourth-order valence-electron chi connectivity index (χ4n) is 2.14. The van der Waals surface area contributed by atoms with Crippen LogP contribution in [0.4, 0.5) is 0 Å². The third kappa shape index (κ3) is 1.96. The van der Waals surface area contributed by atoms with Crippen molar-refractivity contribution in [1.29, 1.82) is 0 Å². The van der Waals surface area contributed by atoms with Gasteiger partial charge in [0.15, 0.2) is 0 Å². The van der Waals surface area contributed by atoms with Crippen molar-refractivity contribution in [3.8, 4) is 0 Å². The molecule has 0 aliphatic heterocycles. The zero-order valence-electron chi connectivity index (χ0n) is 9.33. The number of allylic oxidation sites excluding steroid dienone is 4. The fourth-order valence-corrected chi connectivity index (χ4v) is 2.14. The number of hydrogen-bond donors (Lipinski definition) is 1. The highest BCUT2D eigenvalue weighted by molar-refractivity contribution is 5.72. The molecule has 0 aromatic heterocycles. The molecule has 0 fully saturated rings. The Labute approximate surface area is 91.3 Å². The predicted octanol–water partition coefficient (Wildman–Crippen LogP) is 3.26. The maximum atomic E-state index is 5.82. The Balaban J connectivity index is 2.44. The lowest BCUT2D eigenvalue weighted by Crippen LogP contribution is -2.10. The number of rotatable bonds is 1. The monoisotopic (exact) mass is 199 g/mol. The van der Waals surface area contributed by atoms with E-state index < -0.39 is 0 Å². The second kappa shape index (κ2) is 3.93. The van der Waals surface area contributed by atoms with Gasteiger partial charge in [-0.15, -0.1) is 0 Å². The highest BCUT2D eigenvalue weighted by atomic mass is 14.6. The van der Waals surface area contributed by atoms with Gasteiger partial charge in [0.05, 0.1) is 0 Å². The SMILES string of the molecule is Cc1ccccc1C1=CC=C(N)C[C@@H]1C. The van der Waals surface area contributed by atoms with E-state index in [1.807, 2.05) is 6.08 Å². The van der Waals surface area contributed by atoms with Gasteiger partial charge in [-0.05, 0) is 42.0 Å². The summed E-state index contributed by atoms with van der Waals surface area (Å²) in [6, 6.07) is 8.52. The van der Waals surface area contributed by atoms with Crippen molar-refractivity contribution in [3.05, 3.63) is 53.2 Å². The molecule has 2 rings (SSSR count). The molecule has 1 aromatic rings.